The highest BCUT2D eigenvalue weighted by atomic mass is 28.3. The number of hydrogen-bond donors (Lipinski definition) is 0. The molecule has 0 radical (unpaired) electrons. The number of fused-ring (bicyclic) bond motifs is 5. The lowest BCUT2D eigenvalue weighted by molar-refractivity contribution is 0.0122. The van der Waals surface area contributed by atoms with E-state index in [1.165, 1.54) is 13.2 Å². The van der Waals surface area contributed by atoms with E-state index in [1.54, 1.807) is 6.07 Å². The smallest absolute Gasteiger partial charge is 0.410 e. The molecule has 0 spiro atoms. The van der Waals surface area contributed by atoms with Crippen LogP contribution < -0.4 is 14.4 Å². The van der Waals surface area contributed by atoms with Crippen LogP contribution in [0.2, 0.25) is 16.6 Å². The molecule has 1 amide bonds. The quantitative estimate of drug-likeness (QED) is 0.0632. The SMILES string of the molecule is C=C1CN2CCCC2(COc2nc(N3CC4CCC(C3)N4C(=O)OC(C)(C)C)c3cc(F)c(-c4cc(OCOC)cc5cccc(C#C[Si](C(C)C)(C(C)C)C(C)C)c45)c(F)c3n2)C1. The molecule has 4 saturated heterocycles. The zero-order valence-corrected chi connectivity index (χ0v) is 40.4. The van der Waals surface area contributed by atoms with Crippen molar-refractivity contribution in [2.45, 2.75) is 134 Å². The van der Waals surface area contributed by atoms with Crippen molar-refractivity contribution in [3.05, 3.63) is 65.7 Å². The van der Waals surface area contributed by atoms with Gasteiger partial charge >= 0.3 is 12.1 Å². The number of anilines is 1. The van der Waals surface area contributed by atoms with E-state index in [-0.39, 0.29) is 53.0 Å². The van der Waals surface area contributed by atoms with Gasteiger partial charge < -0.3 is 23.8 Å². The number of hydrogen-bond acceptors (Lipinski definition) is 9. The molecule has 5 heterocycles. The Morgan fingerprint density at radius 2 is 1.70 bits per heavy atom. The molecule has 4 fully saturated rings. The number of benzene rings is 3. The number of halogens is 2. The molecule has 8 rings (SSSR count). The molecule has 4 aliphatic rings. The first-order chi connectivity index (χ1) is 30.4. The Morgan fingerprint density at radius 3 is 2.36 bits per heavy atom. The van der Waals surface area contributed by atoms with Crippen LogP contribution in [0.5, 0.6) is 11.8 Å². The first kappa shape index (κ1) is 45.8. The van der Waals surface area contributed by atoms with E-state index in [2.05, 4.69) is 64.5 Å². The van der Waals surface area contributed by atoms with Gasteiger partial charge in [0.25, 0.3) is 0 Å². The summed E-state index contributed by atoms with van der Waals surface area (Å²) >= 11 is 0. The van der Waals surface area contributed by atoms with Crippen LogP contribution in [0.15, 0.2) is 48.6 Å². The fraction of sp³-hybridized carbons (Fsp3) is 0.549. The number of aromatic nitrogens is 2. The van der Waals surface area contributed by atoms with Gasteiger partial charge in [-0.2, -0.15) is 9.97 Å². The van der Waals surface area contributed by atoms with Crippen molar-refractivity contribution in [3.63, 3.8) is 0 Å². The second kappa shape index (κ2) is 17.6. The third kappa shape index (κ3) is 8.35. The zero-order valence-electron chi connectivity index (χ0n) is 39.4. The summed E-state index contributed by atoms with van der Waals surface area (Å²) in [7, 11) is -0.663. The van der Waals surface area contributed by atoms with Crippen molar-refractivity contribution < 1.29 is 32.5 Å². The van der Waals surface area contributed by atoms with Gasteiger partial charge in [-0.3, -0.25) is 9.80 Å². The Morgan fingerprint density at radius 1 is 1.00 bits per heavy atom. The average Bonchev–Trinajstić information content (AvgIpc) is 3.84. The lowest BCUT2D eigenvalue weighted by Crippen LogP contribution is -2.57. The highest BCUT2D eigenvalue weighted by molar-refractivity contribution is 6.90. The largest absolute Gasteiger partial charge is 0.468 e. The number of piperazine rings is 1. The standard InChI is InChI=1S/C51H65F2N5O5Si/c1-31(2)64(32(3)4,33(5)6)21-18-35-14-12-15-36-22-39(62-30-60-11)23-40(43(35)36)44-42(52)24-41-46(45(44)53)54-48(61-29-51-19-13-20-57(51)26-34(7)25-51)55-47(41)56-27-37-16-17-38(28-56)58(37)49(59)63-50(8,9)10/h12,14-15,22-24,31-33,37-38H,7,13,16-17,19-20,25-30H2,1-6,8-11H3. The minimum Gasteiger partial charge on any atom is -0.468 e. The predicted molar refractivity (Wildman–Crippen MR) is 253 cm³/mol. The summed E-state index contributed by atoms with van der Waals surface area (Å²) in [5.74, 6) is 2.74. The molecule has 3 aromatic carbocycles. The Hall–Kier alpha value is -4.77. The molecule has 2 bridgehead atoms. The third-order valence-electron chi connectivity index (χ3n) is 14.3. The Balaban J connectivity index is 1.30. The monoisotopic (exact) mass is 893 g/mol. The first-order valence-electron chi connectivity index (χ1n) is 23.1. The molecule has 4 aromatic rings. The van der Waals surface area contributed by atoms with E-state index >= 15 is 8.78 Å². The number of carbonyl (C=O) groups is 1. The summed E-state index contributed by atoms with van der Waals surface area (Å²) in [6.07, 6.45) is 4.00. The van der Waals surface area contributed by atoms with Crippen molar-refractivity contribution in [1.29, 1.82) is 0 Å². The van der Waals surface area contributed by atoms with Crippen molar-refractivity contribution in [3.8, 4) is 34.4 Å². The number of nitrogens with zero attached hydrogens (tertiary/aromatic N) is 5. The van der Waals surface area contributed by atoms with Crippen LogP contribution in [0.1, 0.15) is 100.0 Å². The maximum absolute atomic E-state index is 18.0. The first-order valence-corrected chi connectivity index (χ1v) is 25.3. The molecule has 10 nitrogen and oxygen atoms in total. The normalized spacial score (nSPS) is 21.4. The number of amides is 1. The van der Waals surface area contributed by atoms with Crippen molar-refractivity contribution in [2.75, 3.05) is 51.6 Å². The Kier molecular flexibility index (Phi) is 12.6. The highest BCUT2D eigenvalue weighted by Gasteiger charge is 2.48. The predicted octanol–water partition coefficient (Wildman–Crippen LogP) is 11.0. The van der Waals surface area contributed by atoms with Gasteiger partial charge in [0.1, 0.15) is 43.2 Å². The molecule has 0 aliphatic carbocycles. The minimum absolute atomic E-state index is 0.0190. The summed E-state index contributed by atoms with van der Waals surface area (Å²) in [5.41, 5.74) is 5.97. The van der Waals surface area contributed by atoms with E-state index in [0.29, 0.717) is 64.4 Å². The van der Waals surface area contributed by atoms with Crippen molar-refractivity contribution in [1.82, 2.24) is 19.8 Å². The van der Waals surface area contributed by atoms with Crippen LogP contribution in [-0.2, 0) is 9.47 Å². The molecule has 3 atom stereocenters. The minimum atomic E-state index is -2.19. The summed E-state index contributed by atoms with van der Waals surface area (Å²) in [6, 6.07) is 10.3. The van der Waals surface area contributed by atoms with Gasteiger partial charge in [0, 0.05) is 48.6 Å². The number of methoxy groups -OCH3 is 1. The molecule has 0 N–H and O–H groups in total. The molecule has 342 valence electrons. The molecule has 3 unspecified atom stereocenters. The van der Waals surface area contributed by atoms with E-state index in [9.17, 15) is 4.79 Å². The van der Waals surface area contributed by atoms with Gasteiger partial charge in [0.05, 0.1) is 23.2 Å². The number of carbonyl (C=O) groups excluding carboxylic acids is 1. The zero-order chi connectivity index (χ0) is 45.9. The summed E-state index contributed by atoms with van der Waals surface area (Å²) in [4.78, 5) is 29.5. The molecular formula is C51H65F2N5O5Si. The van der Waals surface area contributed by atoms with Gasteiger partial charge in [0.15, 0.2) is 12.6 Å². The fourth-order valence-electron chi connectivity index (χ4n) is 11.6. The fourth-order valence-corrected chi connectivity index (χ4v) is 16.8. The third-order valence-corrected chi connectivity index (χ3v) is 20.6. The van der Waals surface area contributed by atoms with Crippen LogP contribution >= 0.6 is 0 Å². The van der Waals surface area contributed by atoms with E-state index in [0.717, 1.165) is 56.2 Å². The Bertz CT molecular complexity index is 2490. The topological polar surface area (TPSA) is 89.5 Å². The summed E-state index contributed by atoms with van der Waals surface area (Å²) in [6.45, 7) is 26.3. The molecule has 1 aromatic heterocycles. The number of ether oxygens (including phenoxy) is 4. The molecular weight excluding hydrogens is 829 g/mol. The lowest BCUT2D eigenvalue weighted by Gasteiger charge is -2.42. The van der Waals surface area contributed by atoms with Gasteiger partial charge in [-0.05, 0) is 106 Å². The van der Waals surface area contributed by atoms with Crippen LogP contribution in [0.25, 0.3) is 32.8 Å². The van der Waals surface area contributed by atoms with Crippen LogP contribution in [0.4, 0.5) is 19.4 Å². The van der Waals surface area contributed by atoms with Gasteiger partial charge in [-0.1, -0.05) is 71.7 Å². The van der Waals surface area contributed by atoms with Crippen LogP contribution in [0, 0.1) is 23.1 Å². The van der Waals surface area contributed by atoms with Gasteiger partial charge in [-0.15, -0.1) is 5.54 Å². The van der Waals surface area contributed by atoms with Gasteiger partial charge in [-0.25, -0.2) is 13.6 Å². The maximum atomic E-state index is 18.0. The van der Waals surface area contributed by atoms with Gasteiger partial charge in [0.2, 0.25) is 0 Å². The van der Waals surface area contributed by atoms with E-state index in [4.69, 9.17) is 28.9 Å². The molecule has 4 aliphatic heterocycles. The number of rotatable bonds is 11. The van der Waals surface area contributed by atoms with Crippen molar-refractivity contribution >= 4 is 41.7 Å². The van der Waals surface area contributed by atoms with Crippen LogP contribution in [-0.4, -0.2) is 104 Å². The van der Waals surface area contributed by atoms with E-state index in [1.807, 2.05) is 54.8 Å². The molecule has 13 heteroatoms. The van der Waals surface area contributed by atoms with E-state index < -0.39 is 25.3 Å². The second-order valence-electron chi connectivity index (χ2n) is 20.5. The second-order valence-corrected chi connectivity index (χ2v) is 26.1. The van der Waals surface area contributed by atoms with Crippen LogP contribution in [0.3, 0.4) is 0 Å². The lowest BCUT2D eigenvalue weighted by atomic mass is 9.93. The molecule has 64 heavy (non-hydrogen) atoms. The Labute approximate surface area is 378 Å². The average molecular weight is 894 g/mol. The highest BCUT2D eigenvalue weighted by Crippen LogP contribution is 2.45. The maximum Gasteiger partial charge on any atom is 0.410 e. The summed E-state index contributed by atoms with van der Waals surface area (Å²) < 4.78 is 58.9. The summed E-state index contributed by atoms with van der Waals surface area (Å²) in [5, 5.41) is 1.58. The van der Waals surface area contributed by atoms with Crippen molar-refractivity contribution in [2.24, 2.45) is 0 Å². The molecule has 0 saturated carbocycles.